The van der Waals surface area contributed by atoms with Gasteiger partial charge in [-0.2, -0.15) is 0 Å². The number of amides is 1. The summed E-state index contributed by atoms with van der Waals surface area (Å²) < 4.78 is 0. The summed E-state index contributed by atoms with van der Waals surface area (Å²) in [6.07, 6.45) is 0.385. The quantitative estimate of drug-likeness (QED) is 0.782. The second kappa shape index (κ2) is 4.63. The molecule has 0 spiro atoms. The lowest BCUT2D eigenvalue weighted by Crippen LogP contribution is -2.26. The van der Waals surface area contributed by atoms with E-state index in [2.05, 4.69) is 0 Å². The Morgan fingerprint density at radius 1 is 1.31 bits per heavy atom. The zero-order valence-electron chi connectivity index (χ0n) is 8.97. The smallest absolute Gasteiger partial charge is 0.227 e. The molecule has 4 heteroatoms. The Bertz CT molecular complexity index is 392. The third kappa shape index (κ3) is 1.94. The molecular weight excluding hydrogens is 206 g/mol. The first-order valence-corrected chi connectivity index (χ1v) is 5.36. The lowest BCUT2D eigenvalue weighted by Gasteiger charge is -2.19. The standard InChI is InChI=1S/C12H15NO3/c14-7-9-5-12(16)13(6-9)11-4-2-1-3-10(11)8-15/h1-4,9,14-15H,5-8H2. The maximum Gasteiger partial charge on any atom is 0.227 e. The van der Waals surface area contributed by atoms with E-state index in [0.717, 1.165) is 11.3 Å². The van der Waals surface area contributed by atoms with Gasteiger partial charge in [0, 0.05) is 36.7 Å². The van der Waals surface area contributed by atoms with E-state index in [1.165, 1.54) is 0 Å². The highest BCUT2D eigenvalue weighted by molar-refractivity contribution is 5.96. The number of anilines is 1. The minimum atomic E-state index is -0.0796. The number of rotatable bonds is 3. The third-order valence-electron chi connectivity index (χ3n) is 2.92. The van der Waals surface area contributed by atoms with Gasteiger partial charge in [-0.3, -0.25) is 4.79 Å². The summed E-state index contributed by atoms with van der Waals surface area (Å²) in [4.78, 5) is 13.4. The fraction of sp³-hybridized carbons (Fsp3) is 0.417. The Labute approximate surface area is 94.1 Å². The number of para-hydroxylation sites is 1. The number of benzene rings is 1. The highest BCUT2D eigenvalue weighted by Gasteiger charge is 2.30. The van der Waals surface area contributed by atoms with E-state index in [4.69, 9.17) is 5.11 Å². The Morgan fingerprint density at radius 2 is 2.06 bits per heavy atom. The summed E-state index contributed by atoms with van der Waals surface area (Å²) >= 11 is 0. The van der Waals surface area contributed by atoms with Gasteiger partial charge in [0.15, 0.2) is 0 Å². The Hall–Kier alpha value is -1.39. The van der Waals surface area contributed by atoms with Crippen molar-refractivity contribution in [3.8, 4) is 0 Å². The first kappa shape index (κ1) is 11.1. The fourth-order valence-corrected chi connectivity index (χ4v) is 2.04. The SMILES string of the molecule is O=C1CC(CO)CN1c1ccccc1CO. The molecule has 1 atom stereocenters. The van der Waals surface area contributed by atoms with Gasteiger partial charge in [-0.05, 0) is 6.07 Å². The number of carbonyl (C=O) groups is 1. The van der Waals surface area contributed by atoms with E-state index in [1.54, 1.807) is 11.0 Å². The van der Waals surface area contributed by atoms with E-state index in [0.29, 0.717) is 13.0 Å². The van der Waals surface area contributed by atoms with Crippen LogP contribution in [0, 0.1) is 5.92 Å². The van der Waals surface area contributed by atoms with Gasteiger partial charge in [-0.15, -0.1) is 0 Å². The zero-order valence-corrected chi connectivity index (χ0v) is 8.97. The minimum Gasteiger partial charge on any atom is -0.396 e. The number of nitrogens with zero attached hydrogens (tertiary/aromatic N) is 1. The van der Waals surface area contributed by atoms with Crippen LogP contribution in [-0.4, -0.2) is 29.3 Å². The van der Waals surface area contributed by atoms with Crippen molar-refractivity contribution < 1.29 is 15.0 Å². The van der Waals surface area contributed by atoms with Gasteiger partial charge in [0.1, 0.15) is 0 Å². The first-order chi connectivity index (χ1) is 7.76. The van der Waals surface area contributed by atoms with E-state index in [9.17, 15) is 9.90 Å². The summed E-state index contributed by atoms with van der Waals surface area (Å²) in [6.45, 7) is 0.486. The molecule has 1 aromatic rings. The molecule has 0 radical (unpaired) electrons. The van der Waals surface area contributed by atoms with Crippen molar-refractivity contribution in [1.29, 1.82) is 0 Å². The summed E-state index contributed by atoms with van der Waals surface area (Å²) in [5.74, 6) is 0.0270. The van der Waals surface area contributed by atoms with Crippen LogP contribution in [0.4, 0.5) is 5.69 Å². The van der Waals surface area contributed by atoms with Crippen LogP contribution >= 0.6 is 0 Å². The monoisotopic (exact) mass is 221 g/mol. The molecule has 16 heavy (non-hydrogen) atoms. The molecule has 4 nitrogen and oxygen atoms in total. The highest BCUT2D eigenvalue weighted by Crippen LogP contribution is 2.27. The molecule has 2 rings (SSSR count). The van der Waals surface area contributed by atoms with Gasteiger partial charge in [-0.1, -0.05) is 18.2 Å². The van der Waals surface area contributed by atoms with Crippen LogP contribution in [0.5, 0.6) is 0 Å². The van der Waals surface area contributed by atoms with Crippen molar-refractivity contribution in [1.82, 2.24) is 0 Å². The second-order valence-corrected chi connectivity index (χ2v) is 4.04. The molecular formula is C12H15NO3. The molecule has 0 aromatic heterocycles. The van der Waals surface area contributed by atoms with Crippen molar-refractivity contribution in [2.75, 3.05) is 18.1 Å². The summed E-state index contributed by atoms with van der Waals surface area (Å²) in [6, 6.07) is 7.30. The molecule has 0 aliphatic carbocycles. The van der Waals surface area contributed by atoms with Crippen molar-refractivity contribution in [3.05, 3.63) is 29.8 Å². The number of carbonyl (C=O) groups excluding carboxylic acids is 1. The van der Waals surface area contributed by atoms with E-state index < -0.39 is 0 Å². The molecule has 2 N–H and O–H groups in total. The third-order valence-corrected chi connectivity index (χ3v) is 2.92. The van der Waals surface area contributed by atoms with E-state index in [1.807, 2.05) is 18.2 Å². The highest BCUT2D eigenvalue weighted by atomic mass is 16.3. The van der Waals surface area contributed by atoms with E-state index in [-0.39, 0.29) is 25.0 Å². The molecule has 1 unspecified atom stereocenters. The Morgan fingerprint density at radius 3 is 2.69 bits per heavy atom. The van der Waals surface area contributed by atoms with Crippen LogP contribution < -0.4 is 4.90 Å². The van der Waals surface area contributed by atoms with Crippen LogP contribution in [0.25, 0.3) is 0 Å². The number of aliphatic hydroxyl groups excluding tert-OH is 2. The van der Waals surface area contributed by atoms with Gasteiger partial charge in [0.25, 0.3) is 0 Å². The minimum absolute atomic E-state index is 0.0132. The molecule has 1 fully saturated rings. The van der Waals surface area contributed by atoms with Crippen LogP contribution in [-0.2, 0) is 11.4 Å². The lowest BCUT2D eigenvalue weighted by atomic mass is 10.1. The Kier molecular flexibility index (Phi) is 3.22. The lowest BCUT2D eigenvalue weighted by molar-refractivity contribution is -0.117. The molecule has 0 bridgehead atoms. The number of hydrogen-bond acceptors (Lipinski definition) is 3. The molecule has 1 amide bonds. The Balaban J connectivity index is 2.27. The normalized spacial score (nSPS) is 20.5. The predicted molar refractivity (Wildman–Crippen MR) is 59.9 cm³/mol. The molecule has 86 valence electrons. The molecule has 1 saturated heterocycles. The average Bonchev–Trinajstić information content (AvgIpc) is 2.70. The summed E-state index contributed by atoms with van der Waals surface area (Å²) in [5.41, 5.74) is 1.50. The maximum atomic E-state index is 11.7. The fourth-order valence-electron chi connectivity index (χ4n) is 2.04. The van der Waals surface area contributed by atoms with Crippen molar-refractivity contribution >= 4 is 11.6 Å². The van der Waals surface area contributed by atoms with Crippen molar-refractivity contribution in [3.63, 3.8) is 0 Å². The van der Waals surface area contributed by atoms with Gasteiger partial charge < -0.3 is 15.1 Å². The van der Waals surface area contributed by atoms with Gasteiger partial charge >= 0.3 is 0 Å². The largest absolute Gasteiger partial charge is 0.396 e. The van der Waals surface area contributed by atoms with Crippen LogP contribution in [0.2, 0.25) is 0 Å². The van der Waals surface area contributed by atoms with Crippen molar-refractivity contribution in [2.24, 2.45) is 5.92 Å². The van der Waals surface area contributed by atoms with Gasteiger partial charge in [0.2, 0.25) is 5.91 Å². The zero-order chi connectivity index (χ0) is 11.5. The van der Waals surface area contributed by atoms with Crippen LogP contribution in [0.1, 0.15) is 12.0 Å². The topological polar surface area (TPSA) is 60.8 Å². The predicted octanol–water partition coefficient (Wildman–Crippen LogP) is 0.524. The average molecular weight is 221 g/mol. The molecule has 0 saturated carbocycles. The molecule has 1 heterocycles. The summed E-state index contributed by atoms with van der Waals surface area (Å²) in [5, 5.41) is 18.2. The summed E-state index contributed by atoms with van der Waals surface area (Å²) in [7, 11) is 0. The first-order valence-electron chi connectivity index (χ1n) is 5.36. The number of hydrogen-bond donors (Lipinski definition) is 2. The van der Waals surface area contributed by atoms with Crippen LogP contribution in [0.3, 0.4) is 0 Å². The molecule has 1 aliphatic heterocycles. The maximum absolute atomic E-state index is 11.7. The number of aliphatic hydroxyl groups is 2. The second-order valence-electron chi connectivity index (χ2n) is 4.04. The van der Waals surface area contributed by atoms with E-state index >= 15 is 0 Å². The van der Waals surface area contributed by atoms with Gasteiger partial charge in [-0.25, -0.2) is 0 Å². The molecule has 1 aliphatic rings. The van der Waals surface area contributed by atoms with Crippen LogP contribution in [0.15, 0.2) is 24.3 Å². The van der Waals surface area contributed by atoms with Crippen molar-refractivity contribution in [2.45, 2.75) is 13.0 Å². The molecule has 1 aromatic carbocycles. The van der Waals surface area contributed by atoms with Gasteiger partial charge in [0.05, 0.1) is 6.61 Å².